The zero-order valence-corrected chi connectivity index (χ0v) is 57.0. The SMILES string of the molecule is CCCCc1ccc(Nc2ccc(Nc3ccc(CCCC)cc3)c3c2C(=O)c2ccccc2C3=O)cc1.Cc1cccc(Nc2ccc(Nc3cccc(C)c3)c3c2C(=O)c2ccccc2C3=O)c1.Cc1cccc(Nc2ccc(Nc3ccccc3)c3c2C(=O)c2ccccc2C3=O)c1. The molecule has 0 radical (unpaired) electrons. The molecule has 0 spiro atoms. The molecular weight excluding hydrogens is 1250 g/mol. The summed E-state index contributed by atoms with van der Waals surface area (Å²) in [7, 11) is 0. The summed E-state index contributed by atoms with van der Waals surface area (Å²) in [5.41, 5.74) is 19.9. The lowest BCUT2D eigenvalue weighted by atomic mass is 9.82. The highest BCUT2D eigenvalue weighted by Gasteiger charge is 2.37. The maximum absolute atomic E-state index is 13.8. The molecule has 6 N–H and O–H groups in total. The van der Waals surface area contributed by atoms with Crippen molar-refractivity contribution in [1.82, 2.24) is 0 Å². The second-order valence-electron chi connectivity index (χ2n) is 25.7. The van der Waals surface area contributed by atoms with Gasteiger partial charge in [-0.1, -0.05) is 178 Å². The molecule has 12 aromatic rings. The quantitative estimate of drug-likeness (QED) is 0.0481. The fourth-order valence-corrected chi connectivity index (χ4v) is 13.2. The molecule has 0 atom stereocenters. The number of anilines is 12. The van der Waals surface area contributed by atoms with Crippen LogP contribution in [0.5, 0.6) is 0 Å². The van der Waals surface area contributed by atoms with Gasteiger partial charge in [-0.15, -0.1) is 0 Å². The first kappa shape index (κ1) is 67.0. The molecule has 12 aromatic carbocycles. The summed E-state index contributed by atoms with van der Waals surface area (Å²) < 4.78 is 0. The smallest absolute Gasteiger partial charge is 0.196 e. The minimum atomic E-state index is -0.156. The van der Waals surface area contributed by atoms with E-state index in [1.54, 1.807) is 72.8 Å². The van der Waals surface area contributed by atoms with Crippen LogP contribution >= 0.6 is 0 Å². The number of ketones is 6. The van der Waals surface area contributed by atoms with E-state index in [4.69, 9.17) is 0 Å². The van der Waals surface area contributed by atoms with Crippen molar-refractivity contribution >= 4 is 103 Å². The highest BCUT2D eigenvalue weighted by Crippen LogP contribution is 2.43. The molecule has 12 heteroatoms. The molecule has 101 heavy (non-hydrogen) atoms. The molecule has 0 fully saturated rings. The van der Waals surface area contributed by atoms with Crippen molar-refractivity contribution in [3.8, 4) is 0 Å². The van der Waals surface area contributed by atoms with Gasteiger partial charge in [0.05, 0.1) is 67.5 Å². The Morgan fingerprint density at radius 2 is 0.446 bits per heavy atom. The van der Waals surface area contributed by atoms with Gasteiger partial charge in [0.1, 0.15) is 0 Å². The Morgan fingerprint density at radius 3 is 0.683 bits per heavy atom. The summed E-state index contributed by atoms with van der Waals surface area (Å²) in [6.07, 6.45) is 6.74. The number of nitrogens with one attached hydrogen (secondary N) is 6. The molecule has 0 amide bonds. The minimum absolute atomic E-state index is 0.143. The summed E-state index contributed by atoms with van der Waals surface area (Å²) in [6.45, 7) is 10.4. The second kappa shape index (κ2) is 30.1. The van der Waals surface area contributed by atoms with Gasteiger partial charge in [-0.05, 0) is 183 Å². The van der Waals surface area contributed by atoms with Gasteiger partial charge >= 0.3 is 0 Å². The molecule has 0 heterocycles. The van der Waals surface area contributed by atoms with Crippen LogP contribution in [-0.2, 0) is 12.8 Å². The number of rotatable bonds is 18. The highest BCUT2D eigenvalue weighted by atomic mass is 16.2. The second-order valence-corrected chi connectivity index (χ2v) is 25.7. The number of unbranched alkanes of at least 4 members (excludes halogenated alkanes) is 2. The molecule has 0 saturated heterocycles. The zero-order chi connectivity index (χ0) is 70.1. The molecule has 15 rings (SSSR count). The number of hydrogen-bond acceptors (Lipinski definition) is 12. The molecular formula is C89H76N6O6. The van der Waals surface area contributed by atoms with E-state index in [0.717, 1.165) is 89.3 Å². The third kappa shape index (κ3) is 14.6. The van der Waals surface area contributed by atoms with Crippen molar-refractivity contribution in [2.24, 2.45) is 0 Å². The average Bonchev–Trinajstić information content (AvgIpc) is 0.755. The van der Waals surface area contributed by atoms with E-state index in [2.05, 4.69) is 70.0 Å². The molecule has 0 unspecified atom stereocenters. The first-order valence-electron chi connectivity index (χ1n) is 34.3. The molecule has 12 nitrogen and oxygen atoms in total. The summed E-state index contributed by atoms with van der Waals surface area (Å²) in [5.74, 6) is -0.906. The van der Waals surface area contributed by atoms with E-state index >= 15 is 0 Å². The van der Waals surface area contributed by atoms with Gasteiger partial charge in [0.15, 0.2) is 34.7 Å². The number of hydrogen-bond donors (Lipinski definition) is 6. The largest absolute Gasteiger partial charge is 0.355 e. The van der Waals surface area contributed by atoms with Crippen LogP contribution in [0.1, 0.15) is 163 Å². The molecule has 498 valence electrons. The van der Waals surface area contributed by atoms with Gasteiger partial charge < -0.3 is 31.9 Å². The van der Waals surface area contributed by atoms with Crippen molar-refractivity contribution < 1.29 is 28.8 Å². The summed E-state index contributed by atoms with van der Waals surface area (Å²) >= 11 is 0. The number of benzene rings is 12. The number of aryl methyl sites for hydroxylation is 5. The fourth-order valence-electron chi connectivity index (χ4n) is 13.2. The Kier molecular flexibility index (Phi) is 20.0. The summed E-state index contributed by atoms with van der Waals surface area (Å²) in [6, 6.07) is 82.3. The topological polar surface area (TPSA) is 175 Å². The molecule has 0 bridgehead atoms. The summed E-state index contributed by atoms with van der Waals surface area (Å²) in [4.78, 5) is 81.7. The van der Waals surface area contributed by atoms with Gasteiger partial charge in [-0.3, -0.25) is 28.8 Å². The normalized spacial score (nSPS) is 12.2. The third-order valence-corrected chi connectivity index (χ3v) is 18.3. The predicted molar refractivity (Wildman–Crippen MR) is 409 cm³/mol. The lowest BCUT2D eigenvalue weighted by Crippen LogP contribution is -2.23. The highest BCUT2D eigenvalue weighted by molar-refractivity contribution is 6.34. The molecule has 0 aliphatic heterocycles. The van der Waals surface area contributed by atoms with E-state index in [1.165, 1.54) is 11.1 Å². The van der Waals surface area contributed by atoms with Crippen LogP contribution in [0.4, 0.5) is 68.2 Å². The van der Waals surface area contributed by atoms with Gasteiger partial charge in [-0.25, -0.2) is 0 Å². The van der Waals surface area contributed by atoms with E-state index < -0.39 is 0 Å². The van der Waals surface area contributed by atoms with Gasteiger partial charge in [0.2, 0.25) is 0 Å². The van der Waals surface area contributed by atoms with Crippen LogP contribution in [-0.4, -0.2) is 34.7 Å². The van der Waals surface area contributed by atoms with E-state index in [1.807, 2.05) is 185 Å². The standard InChI is InChI=1S/C34H34N2O2.C28H22N2O2.C27H20N2O2/c1-3-5-9-23-13-17-25(18-14-23)35-29-21-22-30(36-26-19-15-24(16-20-26)10-6-4-2)32-31(29)33(37)27-11-7-8-12-28(27)34(32)38;1-17-7-5-9-19(15-17)29-23-13-14-24(30-20-10-6-8-18(2)16-20)26-25(23)27(31)21-11-3-4-12-22(21)28(26)32;1-17-8-7-11-19(16-17)29-23-15-14-22(28-18-9-3-2-4-10-18)24-25(23)27(31)21-13-6-5-12-20(21)26(24)30/h7-8,11-22,35-36H,3-6,9-10H2,1-2H3;3-16,29-30H,1-2H3;2-16,28-29H,1H3. The number of carbonyl (C=O) groups excluding carboxylic acids is 6. The van der Waals surface area contributed by atoms with Gasteiger partial charge in [0.25, 0.3) is 0 Å². The molecule has 0 aromatic heterocycles. The van der Waals surface area contributed by atoms with E-state index in [-0.39, 0.29) is 34.7 Å². The first-order chi connectivity index (χ1) is 49.2. The van der Waals surface area contributed by atoms with Gasteiger partial charge in [-0.2, -0.15) is 0 Å². The van der Waals surface area contributed by atoms with Crippen molar-refractivity contribution in [2.45, 2.75) is 73.1 Å². The number of carbonyl (C=O) groups is 6. The maximum atomic E-state index is 13.8. The molecule has 3 aliphatic carbocycles. The van der Waals surface area contributed by atoms with Crippen molar-refractivity contribution in [3.05, 3.63) is 355 Å². The van der Waals surface area contributed by atoms with E-state index in [9.17, 15) is 28.8 Å². The third-order valence-electron chi connectivity index (χ3n) is 18.3. The Hall–Kier alpha value is -12.5. The van der Waals surface area contributed by atoms with Crippen molar-refractivity contribution in [3.63, 3.8) is 0 Å². The monoisotopic (exact) mass is 1320 g/mol. The van der Waals surface area contributed by atoms with E-state index in [0.29, 0.717) is 101 Å². The van der Waals surface area contributed by atoms with Crippen LogP contribution in [0.3, 0.4) is 0 Å². The Morgan fingerprint density at radius 1 is 0.228 bits per heavy atom. The molecule has 3 aliphatic rings. The number of fused-ring (bicyclic) bond motifs is 6. The average molecular weight is 1330 g/mol. The Labute approximate surface area is 589 Å². The van der Waals surface area contributed by atoms with Crippen molar-refractivity contribution in [2.75, 3.05) is 31.9 Å². The maximum Gasteiger partial charge on any atom is 0.196 e. The zero-order valence-electron chi connectivity index (χ0n) is 57.0. The van der Waals surface area contributed by atoms with Crippen LogP contribution in [0, 0.1) is 20.8 Å². The lowest BCUT2D eigenvalue weighted by molar-refractivity contribution is 0.0980. The van der Waals surface area contributed by atoms with Crippen LogP contribution in [0.2, 0.25) is 0 Å². The Bertz CT molecular complexity index is 4980. The predicted octanol–water partition coefficient (Wildman–Crippen LogP) is 21.5. The lowest BCUT2D eigenvalue weighted by Gasteiger charge is -2.24. The van der Waals surface area contributed by atoms with Crippen LogP contribution < -0.4 is 31.9 Å². The minimum Gasteiger partial charge on any atom is -0.355 e. The van der Waals surface area contributed by atoms with Crippen molar-refractivity contribution in [1.29, 1.82) is 0 Å². The van der Waals surface area contributed by atoms with Gasteiger partial charge in [0, 0.05) is 67.5 Å². The Balaban J connectivity index is 0.000000136. The van der Waals surface area contributed by atoms with Crippen LogP contribution in [0.25, 0.3) is 0 Å². The van der Waals surface area contributed by atoms with Crippen LogP contribution in [0.15, 0.2) is 261 Å². The summed E-state index contributed by atoms with van der Waals surface area (Å²) in [5, 5.41) is 20.2. The fraction of sp³-hybridized carbons (Fsp3) is 0.124. The number of para-hydroxylation sites is 1. The molecule has 0 saturated carbocycles. The first-order valence-corrected chi connectivity index (χ1v) is 34.3.